The van der Waals surface area contributed by atoms with E-state index in [0.29, 0.717) is 0 Å². The topological polar surface area (TPSA) is 58.9 Å². The summed E-state index contributed by atoms with van der Waals surface area (Å²) in [6.07, 6.45) is -1.44. The Morgan fingerprint density at radius 1 is 1.21 bits per heavy atom. The summed E-state index contributed by atoms with van der Waals surface area (Å²) in [5.74, 6) is 0. The molecule has 2 heterocycles. The fourth-order valence-electron chi connectivity index (χ4n) is 3.10. The van der Waals surface area contributed by atoms with Crippen LogP contribution >= 0.6 is 0 Å². The maximum Gasteiger partial charge on any atom is 0.144 e. The number of aliphatic hydroxyl groups excluding tert-OH is 2. The van der Waals surface area contributed by atoms with Gasteiger partial charge < -0.3 is 19.7 Å². The van der Waals surface area contributed by atoms with Gasteiger partial charge in [0.15, 0.2) is 0 Å². The minimum atomic E-state index is -0.944. The minimum absolute atomic E-state index is 0.217. The van der Waals surface area contributed by atoms with E-state index in [0.717, 1.165) is 11.1 Å². The molecular formula is C15H20O4. The molecule has 3 rings (SSSR count). The Kier molecular flexibility index (Phi) is 2.94. The molecule has 19 heavy (non-hydrogen) atoms. The van der Waals surface area contributed by atoms with E-state index >= 15 is 0 Å². The molecule has 0 saturated carbocycles. The van der Waals surface area contributed by atoms with Crippen LogP contribution in [0.1, 0.15) is 28.4 Å². The molecule has 1 aromatic rings. The molecule has 4 atom stereocenters. The molecule has 104 valence electrons. The molecule has 1 aromatic carbocycles. The lowest BCUT2D eigenvalue weighted by Gasteiger charge is -2.30. The third-order valence-corrected chi connectivity index (χ3v) is 4.49. The van der Waals surface area contributed by atoms with E-state index in [1.165, 1.54) is 11.1 Å². The molecular weight excluding hydrogens is 244 g/mol. The summed E-state index contributed by atoms with van der Waals surface area (Å²) in [6.45, 7) is 6.22. The maximum atomic E-state index is 10.2. The van der Waals surface area contributed by atoms with Crippen molar-refractivity contribution < 1.29 is 19.7 Å². The molecule has 0 spiro atoms. The Morgan fingerprint density at radius 3 is 2.53 bits per heavy atom. The van der Waals surface area contributed by atoms with Crippen LogP contribution in [0.2, 0.25) is 0 Å². The van der Waals surface area contributed by atoms with Gasteiger partial charge in [0.25, 0.3) is 0 Å². The van der Waals surface area contributed by atoms with E-state index in [-0.39, 0.29) is 25.4 Å². The lowest BCUT2D eigenvalue weighted by atomic mass is 9.93. The van der Waals surface area contributed by atoms with Gasteiger partial charge in [0.1, 0.15) is 23.9 Å². The smallest absolute Gasteiger partial charge is 0.144 e. The molecule has 2 bridgehead atoms. The molecule has 0 aromatic heterocycles. The molecule has 0 amide bonds. The second-order valence-corrected chi connectivity index (χ2v) is 5.77. The Hall–Kier alpha value is -0.940. The number of aryl methyl sites for hydroxylation is 3. The van der Waals surface area contributed by atoms with Crippen LogP contribution in [0.15, 0.2) is 12.1 Å². The van der Waals surface area contributed by atoms with Crippen LogP contribution in [0, 0.1) is 20.8 Å². The summed E-state index contributed by atoms with van der Waals surface area (Å²) in [5.41, 5.74) is 3.66. The van der Waals surface area contributed by atoms with Gasteiger partial charge in [0, 0.05) is 0 Å². The van der Waals surface area contributed by atoms with Crippen molar-refractivity contribution in [3.05, 3.63) is 34.4 Å². The molecule has 2 aliphatic heterocycles. The number of hydrogen-bond donors (Lipinski definition) is 2. The number of hydrogen-bond acceptors (Lipinski definition) is 4. The van der Waals surface area contributed by atoms with Crippen molar-refractivity contribution in [2.24, 2.45) is 0 Å². The highest BCUT2D eigenvalue weighted by atomic mass is 16.6. The number of rotatable bonds is 2. The third kappa shape index (κ3) is 1.75. The van der Waals surface area contributed by atoms with Crippen LogP contribution < -0.4 is 0 Å². The first-order valence-corrected chi connectivity index (χ1v) is 6.64. The van der Waals surface area contributed by atoms with E-state index < -0.39 is 11.7 Å². The van der Waals surface area contributed by atoms with Crippen molar-refractivity contribution in [3.8, 4) is 0 Å². The van der Waals surface area contributed by atoms with Crippen molar-refractivity contribution in [2.45, 2.75) is 44.7 Å². The van der Waals surface area contributed by atoms with Crippen LogP contribution in [-0.4, -0.2) is 41.2 Å². The Labute approximate surface area is 113 Å². The number of benzene rings is 1. The lowest BCUT2D eigenvalue weighted by Crippen LogP contribution is -2.43. The van der Waals surface area contributed by atoms with E-state index in [4.69, 9.17) is 9.47 Å². The maximum absolute atomic E-state index is 10.2. The second-order valence-electron chi connectivity index (χ2n) is 5.77. The van der Waals surface area contributed by atoms with Gasteiger partial charge in [-0.2, -0.15) is 0 Å². The summed E-state index contributed by atoms with van der Waals surface area (Å²) in [4.78, 5) is 0. The van der Waals surface area contributed by atoms with Crippen molar-refractivity contribution >= 4 is 0 Å². The molecule has 2 aliphatic rings. The van der Waals surface area contributed by atoms with Gasteiger partial charge in [0.05, 0.1) is 13.2 Å². The van der Waals surface area contributed by atoms with Crippen LogP contribution in [0.4, 0.5) is 0 Å². The first-order chi connectivity index (χ1) is 8.98. The largest absolute Gasteiger partial charge is 0.393 e. The second kappa shape index (κ2) is 4.28. The van der Waals surface area contributed by atoms with E-state index in [1.807, 2.05) is 6.92 Å². The Morgan fingerprint density at radius 2 is 1.89 bits per heavy atom. The van der Waals surface area contributed by atoms with Crippen LogP contribution in [0.3, 0.4) is 0 Å². The zero-order valence-corrected chi connectivity index (χ0v) is 11.5. The minimum Gasteiger partial charge on any atom is -0.393 e. The Balaban J connectivity index is 1.99. The first-order valence-electron chi connectivity index (χ1n) is 6.64. The van der Waals surface area contributed by atoms with E-state index in [9.17, 15) is 10.2 Å². The van der Waals surface area contributed by atoms with Crippen molar-refractivity contribution in [1.82, 2.24) is 0 Å². The normalized spacial score (nSPS) is 37.0. The van der Waals surface area contributed by atoms with Gasteiger partial charge in [-0.15, -0.1) is 0 Å². The first kappa shape index (κ1) is 13.1. The summed E-state index contributed by atoms with van der Waals surface area (Å²) in [6, 6.07) is 4.22. The number of ether oxygens (including phenoxy) is 2. The van der Waals surface area contributed by atoms with Crippen LogP contribution in [0.5, 0.6) is 0 Å². The van der Waals surface area contributed by atoms with Gasteiger partial charge in [-0.25, -0.2) is 0 Å². The molecule has 2 fully saturated rings. The highest BCUT2D eigenvalue weighted by molar-refractivity contribution is 5.39. The van der Waals surface area contributed by atoms with Gasteiger partial charge in [-0.05, 0) is 43.0 Å². The summed E-state index contributed by atoms with van der Waals surface area (Å²) in [5, 5.41) is 19.7. The van der Waals surface area contributed by atoms with Gasteiger partial charge >= 0.3 is 0 Å². The predicted molar refractivity (Wildman–Crippen MR) is 70.0 cm³/mol. The van der Waals surface area contributed by atoms with E-state index in [1.54, 1.807) is 0 Å². The lowest BCUT2D eigenvalue weighted by molar-refractivity contribution is -0.163. The quantitative estimate of drug-likeness (QED) is 0.842. The molecule has 4 heteroatoms. The van der Waals surface area contributed by atoms with Crippen molar-refractivity contribution in [1.29, 1.82) is 0 Å². The van der Waals surface area contributed by atoms with Crippen LogP contribution in [-0.2, 0) is 9.47 Å². The van der Waals surface area contributed by atoms with Gasteiger partial charge in [-0.3, -0.25) is 0 Å². The zero-order valence-electron chi connectivity index (χ0n) is 11.5. The van der Waals surface area contributed by atoms with Crippen molar-refractivity contribution in [3.63, 3.8) is 0 Å². The molecule has 2 saturated heterocycles. The summed E-state index contributed by atoms with van der Waals surface area (Å²) in [7, 11) is 0. The molecule has 0 unspecified atom stereocenters. The SMILES string of the molecule is Cc1cc(C)c([C@@H]2O[C@@]3(CO)CO[C@@H]2[C@@H]3O)cc1C. The third-order valence-electron chi connectivity index (χ3n) is 4.49. The highest BCUT2D eigenvalue weighted by Crippen LogP contribution is 2.47. The molecule has 0 radical (unpaired) electrons. The molecule has 2 N–H and O–H groups in total. The average Bonchev–Trinajstić information content (AvgIpc) is 2.85. The fourth-order valence-corrected chi connectivity index (χ4v) is 3.10. The fraction of sp³-hybridized carbons (Fsp3) is 0.600. The highest BCUT2D eigenvalue weighted by Gasteiger charge is 2.61. The number of fused-ring (bicyclic) bond motifs is 2. The monoisotopic (exact) mass is 264 g/mol. The Bertz CT molecular complexity index is 513. The van der Waals surface area contributed by atoms with Gasteiger partial charge in [0.2, 0.25) is 0 Å². The van der Waals surface area contributed by atoms with Gasteiger partial charge in [-0.1, -0.05) is 12.1 Å². The molecule has 4 nitrogen and oxygen atoms in total. The predicted octanol–water partition coefficient (Wildman–Crippen LogP) is 1.17. The number of aliphatic hydroxyl groups is 2. The summed E-state index contributed by atoms with van der Waals surface area (Å²) < 4.78 is 11.6. The zero-order chi connectivity index (χ0) is 13.8. The van der Waals surface area contributed by atoms with Crippen LogP contribution in [0.25, 0.3) is 0 Å². The summed E-state index contributed by atoms with van der Waals surface area (Å²) >= 11 is 0. The average molecular weight is 264 g/mol. The van der Waals surface area contributed by atoms with E-state index in [2.05, 4.69) is 26.0 Å². The van der Waals surface area contributed by atoms with Crippen molar-refractivity contribution in [2.75, 3.05) is 13.2 Å². The molecule has 0 aliphatic carbocycles. The standard InChI is InChI=1S/C15H20O4/c1-8-4-10(3)11(5-9(8)2)12-13-14(17)15(6-16,19-12)7-18-13/h4-5,12-14,16-17H,6-7H2,1-3H3/t12-,13-,14-,15-/m0/s1.